The molecule has 26 heavy (non-hydrogen) atoms. The maximum Gasteiger partial charge on any atom is 0.243 e. The van der Waals surface area contributed by atoms with Gasteiger partial charge in [-0.2, -0.15) is 4.31 Å². The number of piperidine rings is 2. The summed E-state index contributed by atoms with van der Waals surface area (Å²) in [5.41, 5.74) is 0. The van der Waals surface area contributed by atoms with Gasteiger partial charge in [-0.15, -0.1) is 0 Å². The van der Waals surface area contributed by atoms with Gasteiger partial charge in [-0.1, -0.05) is 24.6 Å². The van der Waals surface area contributed by atoms with Gasteiger partial charge in [-0.3, -0.25) is 4.79 Å². The highest BCUT2D eigenvalue weighted by Gasteiger charge is 2.40. The number of nitrogens with zero attached hydrogens (tertiary/aromatic N) is 2. The Kier molecular flexibility index (Phi) is 6.32. The maximum absolute atomic E-state index is 13.2. The van der Waals surface area contributed by atoms with Gasteiger partial charge in [0.2, 0.25) is 15.9 Å². The van der Waals surface area contributed by atoms with Crippen LogP contribution in [0, 0.1) is 0 Å². The summed E-state index contributed by atoms with van der Waals surface area (Å²) in [6.45, 7) is 4.22. The first-order valence-electron chi connectivity index (χ1n) is 9.51. The molecule has 1 aromatic carbocycles. The topological polar surface area (TPSA) is 66.9 Å². The fraction of sp³-hybridized carbons (Fsp3) is 0.632. The normalized spacial score (nSPS) is 25.2. The Hall–Kier alpha value is -1.44. The van der Waals surface area contributed by atoms with E-state index in [-0.39, 0.29) is 16.9 Å². The van der Waals surface area contributed by atoms with Gasteiger partial charge in [-0.05, 0) is 44.7 Å². The van der Waals surface area contributed by atoms with Crippen LogP contribution in [0.5, 0.6) is 0 Å². The Bertz CT molecular complexity index is 706. The fourth-order valence-electron chi connectivity index (χ4n) is 3.89. The molecule has 1 amide bonds. The minimum Gasteiger partial charge on any atom is -0.377 e. The summed E-state index contributed by atoms with van der Waals surface area (Å²) in [6.07, 6.45) is 4.15. The first-order chi connectivity index (χ1) is 12.5. The summed E-state index contributed by atoms with van der Waals surface area (Å²) >= 11 is 0. The third-order valence-corrected chi connectivity index (χ3v) is 7.10. The lowest BCUT2D eigenvalue weighted by Crippen LogP contribution is -2.55. The van der Waals surface area contributed by atoms with Crippen molar-refractivity contribution in [2.75, 3.05) is 26.2 Å². The Labute approximate surface area is 156 Å². The zero-order chi connectivity index (χ0) is 18.6. The van der Waals surface area contributed by atoms with E-state index in [1.807, 2.05) is 6.92 Å². The van der Waals surface area contributed by atoms with E-state index in [1.165, 1.54) is 4.31 Å². The first-order valence-corrected chi connectivity index (χ1v) is 11.0. The molecule has 0 saturated carbocycles. The largest absolute Gasteiger partial charge is 0.377 e. The van der Waals surface area contributed by atoms with E-state index < -0.39 is 16.1 Å². The Morgan fingerprint density at radius 2 is 1.88 bits per heavy atom. The van der Waals surface area contributed by atoms with Crippen LogP contribution in [-0.2, 0) is 19.6 Å². The van der Waals surface area contributed by atoms with Gasteiger partial charge < -0.3 is 9.64 Å². The average molecular weight is 381 g/mol. The molecule has 0 spiro atoms. The molecule has 2 aliphatic heterocycles. The monoisotopic (exact) mass is 380 g/mol. The van der Waals surface area contributed by atoms with Crippen LogP contribution < -0.4 is 0 Å². The Morgan fingerprint density at radius 3 is 2.62 bits per heavy atom. The van der Waals surface area contributed by atoms with E-state index in [9.17, 15) is 13.2 Å². The zero-order valence-electron chi connectivity index (χ0n) is 15.3. The number of benzene rings is 1. The van der Waals surface area contributed by atoms with Crippen LogP contribution in [0.25, 0.3) is 0 Å². The fourth-order valence-corrected chi connectivity index (χ4v) is 5.56. The molecular formula is C19H28N2O4S. The number of hydrogen-bond donors (Lipinski definition) is 0. The second-order valence-electron chi connectivity index (χ2n) is 6.94. The van der Waals surface area contributed by atoms with Crippen LogP contribution in [0.15, 0.2) is 35.2 Å². The minimum absolute atomic E-state index is 0.0560. The van der Waals surface area contributed by atoms with Crippen molar-refractivity contribution >= 4 is 15.9 Å². The van der Waals surface area contributed by atoms with Gasteiger partial charge in [0.1, 0.15) is 6.04 Å². The highest BCUT2D eigenvalue weighted by Crippen LogP contribution is 2.27. The van der Waals surface area contributed by atoms with E-state index in [1.54, 1.807) is 35.2 Å². The van der Waals surface area contributed by atoms with Crippen molar-refractivity contribution < 1.29 is 17.9 Å². The van der Waals surface area contributed by atoms with Crippen LogP contribution >= 0.6 is 0 Å². The molecule has 0 N–H and O–H groups in total. The molecule has 2 atom stereocenters. The van der Waals surface area contributed by atoms with Crippen molar-refractivity contribution in [1.29, 1.82) is 0 Å². The highest BCUT2D eigenvalue weighted by molar-refractivity contribution is 7.89. The van der Waals surface area contributed by atoms with Crippen LogP contribution in [0.2, 0.25) is 0 Å². The summed E-state index contributed by atoms with van der Waals surface area (Å²) < 4.78 is 33.3. The lowest BCUT2D eigenvalue weighted by Gasteiger charge is -2.39. The van der Waals surface area contributed by atoms with Crippen molar-refractivity contribution in [3.05, 3.63) is 30.3 Å². The van der Waals surface area contributed by atoms with Gasteiger partial charge >= 0.3 is 0 Å². The van der Waals surface area contributed by atoms with Crippen LogP contribution in [0.4, 0.5) is 0 Å². The van der Waals surface area contributed by atoms with Crippen LogP contribution in [-0.4, -0.2) is 61.9 Å². The van der Waals surface area contributed by atoms with Crippen molar-refractivity contribution in [1.82, 2.24) is 9.21 Å². The summed E-state index contributed by atoms with van der Waals surface area (Å²) in [7, 11) is -3.66. The molecule has 2 saturated heterocycles. The molecule has 2 heterocycles. The second kappa shape index (κ2) is 8.50. The van der Waals surface area contributed by atoms with Gasteiger partial charge in [0, 0.05) is 26.2 Å². The van der Waals surface area contributed by atoms with Gasteiger partial charge in [0.15, 0.2) is 0 Å². The molecule has 0 aliphatic carbocycles. The predicted molar refractivity (Wildman–Crippen MR) is 99.2 cm³/mol. The lowest BCUT2D eigenvalue weighted by atomic mass is 10.0. The Morgan fingerprint density at radius 1 is 1.12 bits per heavy atom. The number of sulfonamides is 1. The van der Waals surface area contributed by atoms with Crippen LogP contribution in [0.3, 0.4) is 0 Å². The number of amides is 1. The minimum atomic E-state index is -3.66. The van der Waals surface area contributed by atoms with E-state index in [0.717, 1.165) is 25.7 Å². The van der Waals surface area contributed by atoms with Crippen molar-refractivity contribution in [3.8, 4) is 0 Å². The molecule has 0 radical (unpaired) electrons. The smallest absolute Gasteiger partial charge is 0.243 e. The highest BCUT2D eigenvalue weighted by atomic mass is 32.2. The number of hydrogen-bond acceptors (Lipinski definition) is 4. The molecule has 2 aliphatic rings. The van der Waals surface area contributed by atoms with E-state index >= 15 is 0 Å². The van der Waals surface area contributed by atoms with E-state index in [2.05, 4.69) is 0 Å². The Balaban J connectivity index is 1.79. The van der Waals surface area contributed by atoms with Crippen molar-refractivity contribution in [2.45, 2.75) is 56.1 Å². The molecule has 2 fully saturated rings. The summed E-state index contributed by atoms with van der Waals surface area (Å²) in [4.78, 5) is 15.2. The third kappa shape index (κ3) is 4.10. The number of rotatable bonds is 5. The predicted octanol–water partition coefficient (Wildman–Crippen LogP) is 2.26. The van der Waals surface area contributed by atoms with E-state index in [0.29, 0.717) is 32.7 Å². The van der Waals surface area contributed by atoms with E-state index in [4.69, 9.17) is 4.74 Å². The summed E-state index contributed by atoms with van der Waals surface area (Å²) in [6, 6.07) is 7.80. The zero-order valence-corrected chi connectivity index (χ0v) is 16.2. The van der Waals surface area contributed by atoms with Crippen LogP contribution in [0.1, 0.15) is 39.0 Å². The number of carbonyl (C=O) groups excluding carboxylic acids is 1. The molecule has 2 unspecified atom stereocenters. The first kappa shape index (κ1) is 19.3. The van der Waals surface area contributed by atoms with Crippen molar-refractivity contribution in [2.24, 2.45) is 0 Å². The SMILES string of the molecule is CCOC1CCCN(C(=O)C2CCCCN2S(=O)(=O)c2ccccc2)C1. The number of ether oxygens (including phenoxy) is 1. The van der Waals surface area contributed by atoms with Crippen molar-refractivity contribution in [3.63, 3.8) is 0 Å². The molecule has 6 nitrogen and oxygen atoms in total. The molecule has 7 heteroatoms. The number of likely N-dealkylation sites (tertiary alicyclic amines) is 1. The van der Waals surface area contributed by atoms with Gasteiger partial charge in [-0.25, -0.2) is 8.42 Å². The molecule has 144 valence electrons. The quantitative estimate of drug-likeness (QED) is 0.786. The summed E-state index contributed by atoms with van der Waals surface area (Å²) in [5, 5.41) is 0. The molecule has 0 aromatic heterocycles. The lowest BCUT2D eigenvalue weighted by molar-refractivity contribution is -0.140. The molecular weight excluding hydrogens is 352 g/mol. The maximum atomic E-state index is 13.2. The van der Waals surface area contributed by atoms with Gasteiger partial charge in [0.05, 0.1) is 11.0 Å². The third-order valence-electron chi connectivity index (χ3n) is 5.18. The standard InChI is InChI=1S/C19H28N2O4S/c1-2-25-16-9-8-13-20(15-16)19(22)18-12-6-7-14-21(18)26(23,24)17-10-4-3-5-11-17/h3-5,10-11,16,18H,2,6-9,12-15H2,1H3. The average Bonchev–Trinajstić information content (AvgIpc) is 2.68. The summed E-state index contributed by atoms with van der Waals surface area (Å²) in [5.74, 6) is -0.0754. The molecule has 1 aromatic rings. The second-order valence-corrected chi connectivity index (χ2v) is 8.83. The molecule has 3 rings (SSSR count). The van der Waals surface area contributed by atoms with Gasteiger partial charge in [0.25, 0.3) is 0 Å². The number of carbonyl (C=O) groups is 1. The molecule has 0 bridgehead atoms.